The van der Waals surface area contributed by atoms with E-state index in [2.05, 4.69) is 34.4 Å². The Morgan fingerprint density at radius 3 is 2.63 bits per heavy atom. The smallest absolute Gasteiger partial charge is 0.269 e. The van der Waals surface area contributed by atoms with Crippen LogP contribution in [0.25, 0.3) is 21.9 Å². The maximum Gasteiger partial charge on any atom is 0.269 e. The number of benzene rings is 2. The number of pyridine rings is 1. The van der Waals surface area contributed by atoms with Gasteiger partial charge in [0.2, 0.25) is 10.0 Å². The minimum absolute atomic E-state index is 0.154. The number of nitrogens with one attached hydrogen (secondary N) is 1. The third kappa shape index (κ3) is 4.09. The van der Waals surface area contributed by atoms with Gasteiger partial charge in [0.1, 0.15) is 11.5 Å². The zero-order valence-electron chi connectivity index (χ0n) is 21.7. The fraction of sp³-hybridized carbons (Fsp3) is 0.321. The molecule has 4 aromatic rings. The Labute approximate surface area is 222 Å². The van der Waals surface area contributed by atoms with Crippen molar-refractivity contribution in [3.8, 4) is 11.1 Å². The van der Waals surface area contributed by atoms with Crippen LogP contribution in [0.2, 0.25) is 0 Å². The molecule has 1 fully saturated rings. The molecule has 0 spiro atoms. The zero-order chi connectivity index (χ0) is 26.6. The number of hydrogen-bond acceptors (Lipinski definition) is 6. The third-order valence-corrected chi connectivity index (χ3v) is 9.33. The fourth-order valence-electron chi connectivity index (χ4n) is 5.59. The van der Waals surface area contributed by atoms with Gasteiger partial charge < -0.3 is 10.2 Å². The van der Waals surface area contributed by atoms with E-state index in [1.54, 1.807) is 13.1 Å². The maximum absolute atomic E-state index is 12.7. The van der Waals surface area contributed by atoms with Gasteiger partial charge in [-0.05, 0) is 84.7 Å². The highest BCUT2D eigenvalue weighted by Crippen LogP contribution is 2.40. The highest BCUT2D eigenvalue weighted by atomic mass is 32.2. The number of carbonyl (C=O) groups excluding carboxylic acids is 1. The van der Waals surface area contributed by atoms with Crippen molar-refractivity contribution < 1.29 is 13.2 Å². The van der Waals surface area contributed by atoms with Crippen LogP contribution >= 0.6 is 0 Å². The lowest BCUT2D eigenvalue weighted by Gasteiger charge is -2.32. The predicted octanol–water partition coefficient (Wildman–Crippen LogP) is 3.93. The maximum atomic E-state index is 12.7. The molecule has 10 heteroatoms. The largest absolute Gasteiger partial charge is 0.354 e. The monoisotopic (exact) mass is 530 g/mol. The van der Waals surface area contributed by atoms with Crippen molar-refractivity contribution in [1.82, 2.24) is 20.1 Å². The summed E-state index contributed by atoms with van der Waals surface area (Å²) < 4.78 is 28.4. The van der Waals surface area contributed by atoms with E-state index in [9.17, 15) is 13.2 Å². The van der Waals surface area contributed by atoms with Crippen LogP contribution in [0.1, 0.15) is 34.5 Å². The van der Waals surface area contributed by atoms with Crippen molar-refractivity contribution in [1.29, 1.82) is 0 Å². The molecule has 196 valence electrons. The van der Waals surface area contributed by atoms with Crippen molar-refractivity contribution in [3.63, 3.8) is 0 Å². The molecule has 0 unspecified atom stereocenters. The second-order valence-corrected chi connectivity index (χ2v) is 12.0. The molecule has 6 rings (SSSR count). The van der Waals surface area contributed by atoms with E-state index in [1.807, 2.05) is 42.3 Å². The van der Waals surface area contributed by atoms with Gasteiger partial charge in [-0.3, -0.25) is 13.8 Å². The molecule has 1 N–H and O–H groups in total. The Morgan fingerprint density at radius 1 is 1.08 bits per heavy atom. The standard InChI is InChI=1S/C28H30N6O3S/c1-18-12-26-19(14-24(18)21-16-30-32(3)17-21)6-4-9-33(26)27-23-8-7-22(34-10-5-11-38(34,36)37)13-20(23)15-25(31-27)28(35)29-2/h7-8,12-17H,4-6,9-11H2,1-3H3,(H,29,35). The number of sulfonamides is 1. The van der Waals surface area contributed by atoms with Crippen molar-refractivity contribution >= 4 is 43.9 Å². The Hall–Kier alpha value is -3.92. The molecule has 0 aliphatic carbocycles. The number of nitrogens with zero attached hydrogens (tertiary/aromatic N) is 5. The zero-order valence-corrected chi connectivity index (χ0v) is 22.5. The van der Waals surface area contributed by atoms with E-state index in [0.29, 0.717) is 30.2 Å². The summed E-state index contributed by atoms with van der Waals surface area (Å²) in [4.78, 5) is 19.8. The predicted molar refractivity (Wildman–Crippen MR) is 150 cm³/mol. The molecule has 38 heavy (non-hydrogen) atoms. The second kappa shape index (κ2) is 9.13. The first-order valence-electron chi connectivity index (χ1n) is 12.8. The van der Waals surface area contributed by atoms with Gasteiger partial charge in [-0.15, -0.1) is 0 Å². The van der Waals surface area contributed by atoms with Gasteiger partial charge in [0, 0.05) is 50.0 Å². The average molecular weight is 531 g/mol. The van der Waals surface area contributed by atoms with Crippen LogP contribution in [0.15, 0.2) is 48.8 Å². The van der Waals surface area contributed by atoms with Gasteiger partial charge in [0.05, 0.1) is 17.6 Å². The van der Waals surface area contributed by atoms with E-state index in [-0.39, 0.29) is 11.7 Å². The first-order chi connectivity index (χ1) is 18.2. The summed E-state index contributed by atoms with van der Waals surface area (Å²) in [5.41, 5.74) is 6.60. The summed E-state index contributed by atoms with van der Waals surface area (Å²) in [5, 5.41) is 8.68. The molecule has 1 saturated heterocycles. The molecular weight excluding hydrogens is 500 g/mol. The molecular formula is C28H30N6O3S. The molecule has 0 radical (unpaired) electrons. The Bertz CT molecular complexity index is 1690. The quantitative estimate of drug-likeness (QED) is 0.429. The minimum Gasteiger partial charge on any atom is -0.354 e. The van der Waals surface area contributed by atoms with Crippen LogP contribution in [-0.2, 0) is 23.5 Å². The van der Waals surface area contributed by atoms with E-state index in [0.717, 1.165) is 52.5 Å². The Balaban J connectivity index is 1.50. The van der Waals surface area contributed by atoms with Crippen LogP contribution in [0, 0.1) is 6.92 Å². The van der Waals surface area contributed by atoms with Crippen LogP contribution in [0.4, 0.5) is 17.2 Å². The highest BCUT2D eigenvalue weighted by Gasteiger charge is 2.29. The van der Waals surface area contributed by atoms with E-state index in [4.69, 9.17) is 4.98 Å². The summed E-state index contributed by atoms with van der Waals surface area (Å²) in [6.07, 6.45) is 6.41. The number of rotatable bonds is 4. The van der Waals surface area contributed by atoms with E-state index < -0.39 is 10.0 Å². The van der Waals surface area contributed by atoms with Gasteiger partial charge in [-0.1, -0.05) is 0 Å². The van der Waals surface area contributed by atoms with Crippen LogP contribution in [0.5, 0.6) is 0 Å². The normalized spacial score (nSPS) is 16.6. The molecule has 2 aliphatic rings. The molecule has 0 bridgehead atoms. The van der Waals surface area contributed by atoms with Crippen molar-refractivity contribution in [2.45, 2.75) is 26.2 Å². The number of anilines is 3. The molecule has 1 amide bonds. The third-order valence-electron chi connectivity index (χ3n) is 7.46. The number of amides is 1. The number of carbonyl (C=O) groups is 1. The Kier molecular flexibility index (Phi) is 5.86. The summed E-state index contributed by atoms with van der Waals surface area (Å²) in [5.74, 6) is 0.570. The number of aryl methyl sites for hydroxylation is 3. The summed E-state index contributed by atoms with van der Waals surface area (Å²) in [6, 6.07) is 11.8. The number of fused-ring (bicyclic) bond motifs is 2. The average Bonchev–Trinajstić information content (AvgIpc) is 3.50. The minimum atomic E-state index is -3.32. The van der Waals surface area contributed by atoms with E-state index >= 15 is 0 Å². The molecule has 4 heterocycles. The van der Waals surface area contributed by atoms with Gasteiger partial charge in [-0.25, -0.2) is 13.4 Å². The highest BCUT2D eigenvalue weighted by molar-refractivity contribution is 7.93. The molecule has 2 aromatic carbocycles. The van der Waals surface area contributed by atoms with E-state index in [1.165, 1.54) is 9.87 Å². The van der Waals surface area contributed by atoms with Crippen LogP contribution < -0.4 is 14.5 Å². The van der Waals surface area contributed by atoms with Crippen LogP contribution in [-0.4, -0.2) is 55.0 Å². The van der Waals surface area contributed by atoms with Gasteiger partial charge in [0.15, 0.2) is 0 Å². The van der Waals surface area contributed by atoms with Crippen LogP contribution in [0.3, 0.4) is 0 Å². The summed E-state index contributed by atoms with van der Waals surface area (Å²) >= 11 is 0. The van der Waals surface area contributed by atoms with Crippen molar-refractivity contribution in [2.24, 2.45) is 7.05 Å². The second-order valence-electron chi connectivity index (χ2n) is 10.0. The fourth-order valence-corrected chi connectivity index (χ4v) is 7.15. The number of aromatic nitrogens is 3. The molecule has 0 atom stereocenters. The topological polar surface area (TPSA) is 100 Å². The van der Waals surface area contributed by atoms with Gasteiger partial charge in [0.25, 0.3) is 5.91 Å². The van der Waals surface area contributed by atoms with Crippen molar-refractivity contribution in [3.05, 3.63) is 65.6 Å². The molecule has 2 aromatic heterocycles. The molecule has 2 aliphatic heterocycles. The van der Waals surface area contributed by atoms with Gasteiger partial charge in [-0.2, -0.15) is 5.10 Å². The first-order valence-corrected chi connectivity index (χ1v) is 14.4. The summed E-state index contributed by atoms with van der Waals surface area (Å²) in [6.45, 7) is 3.33. The first kappa shape index (κ1) is 24.4. The van der Waals surface area contributed by atoms with Crippen molar-refractivity contribution in [2.75, 3.05) is 35.1 Å². The summed E-state index contributed by atoms with van der Waals surface area (Å²) in [7, 11) is 0.182. The van der Waals surface area contributed by atoms with Gasteiger partial charge >= 0.3 is 0 Å². The lowest BCUT2D eigenvalue weighted by molar-refractivity contribution is 0.0958. The lowest BCUT2D eigenvalue weighted by atomic mass is 9.93. The Morgan fingerprint density at radius 2 is 1.92 bits per heavy atom. The number of hydrogen-bond donors (Lipinski definition) is 1. The lowest BCUT2D eigenvalue weighted by Crippen LogP contribution is -2.27. The SMILES string of the molecule is CNC(=O)c1cc2cc(N3CCCS3(=O)=O)ccc2c(N2CCCc3cc(-c4cnn(C)c4)c(C)cc32)n1. The molecule has 0 saturated carbocycles. The molecule has 9 nitrogen and oxygen atoms in total.